The highest BCUT2D eigenvalue weighted by Gasteiger charge is 2.46. The van der Waals surface area contributed by atoms with Crippen LogP contribution in [0.2, 0.25) is 0 Å². The molecule has 2 heterocycles. The molecule has 1 saturated heterocycles. The van der Waals surface area contributed by atoms with Crippen LogP contribution >= 0.6 is 27.7 Å². The molecule has 2 aliphatic rings. The van der Waals surface area contributed by atoms with Gasteiger partial charge in [-0.3, -0.25) is 0 Å². The molecule has 1 spiro atoms. The van der Waals surface area contributed by atoms with Gasteiger partial charge in [-0.2, -0.15) is 11.8 Å². The molecule has 1 aromatic carbocycles. The molecule has 4 heteroatoms. The summed E-state index contributed by atoms with van der Waals surface area (Å²) in [5.41, 5.74) is 0.737. The first-order valence-corrected chi connectivity index (χ1v) is 8.23. The molecule has 98 valence electrons. The molecule has 2 nitrogen and oxygen atoms in total. The smallest absolute Gasteiger partial charge is 0.126 e. The average Bonchev–Trinajstić information content (AvgIpc) is 2.34. The zero-order chi connectivity index (χ0) is 12.8. The molecule has 3 unspecified atom stereocenters. The van der Waals surface area contributed by atoms with E-state index in [1.807, 2.05) is 30.0 Å². The van der Waals surface area contributed by atoms with Crippen LogP contribution in [0.15, 0.2) is 22.7 Å². The average molecular weight is 329 g/mol. The fourth-order valence-electron chi connectivity index (χ4n) is 2.96. The summed E-state index contributed by atoms with van der Waals surface area (Å²) in [6.45, 7) is 2.22. The monoisotopic (exact) mass is 328 g/mol. The van der Waals surface area contributed by atoms with Gasteiger partial charge in [0.05, 0.1) is 6.10 Å². The third kappa shape index (κ3) is 2.08. The van der Waals surface area contributed by atoms with E-state index in [1.165, 1.54) is 12.2 Å². The third-order valence-electron chi connectivity index (χ3n) is 4.04. The zero-order valence-electron chi connectivity index (χ0n) is 10.4. The molecular weight excluding hydrogens is 312 g/mol. The highest BCUT2D eigenvalue weighted by Crippen LogP contribution is 2.48. The Kier molecular flexibility index (Phi) is 3.37. The quantitative estimate of drug-likeness (QED) is 0.782. The molecule has 18 heavy (non-hydrogen) atoms. The van der Waals surface area contributed by atoms with Gasteiger partial charge < -0.3 is 9.84 Å². The lowest BCUT2D eigenvalue weighted by atomic mass is 9.83. The Bertz CT molecular complexity index is 465. The Morgan fingerprint density at radius 2 is 2.33 bits per heavy atom. The minimum Gasteiger partial charge on any atom is -0.486 e. The Morgan fingerprint density at radius 3 is 3.11 bits per heavy atom. The van der Waals surface area contributed by atoms with Crippen LogP contribution in [0, 0.1) is 0 Å². The highest BCUT2D eigenvalue weighted by atomic mass is 79.9. The molecule has 0 bridgehead atoms. The Balaban J connectivity index is 1.98. The van der Waals surface area contributed by atoms with Crippen molar-refractivity contribution in [3.05, 3.63) is 28.2 Å². The summed E-state index contributed by atoms with van der Waals surface area (Å²) in [7, 11) is 0. The fraction of sp³-hybridized carbons (Fsp3) is 0.571. The van der Waals surface area contributed by atoms with Gasteiger partial charge in [-0.05, 0) is 43.7 Å². The van der Waals surface area contributed by atoms with Crippen LogP contribution in [0.5, 0.6) is 5.75 Å². The van der Waals surface area contributed by atoms with Gasteiger partial charge in [0.2, 0.25) is 0 Å². The van der Waals surface area contributed by atoms with E-state index >= 15 is 0 Å². The normalized spacial score (nSPS) is 35.1. The van der Waals surface area contributed by atoms with Crippen molar-refractivity contribution in [2.24, 2.45) is 0 Å². The summed E-state index contributed by atoms with van der Waals surface area (Å²) < 4.78 is 7.29. The van der Waals surface area contributed by atoms with Crippen molar-refractivity contribution in [3.8, 4) is 5.75 Å². The van der Waals surface area contributed by atoms with Crippen molar-refractivity contribution in [3.63, 3.8) is 0 Å². The van der Waals surface area contributed by atoms with Crippen molar-refractivity contribution < 1.29 is 9.84 Å². The van der Waals surface area contributed by atoms with Crippen molar-refractivity contribution in [2.45, 2.75) is 43.1 Å². The van der Waals surface area contributed by atoms with Crippen LogP contribution in [0.25, 0.3) is 0 Å². The molecule has 1 aromatic rings. The van der Waals surface area contributed by atoms with E-state index in [0.717, 1.165) is 22.2 Å². The molecule has 1 N–H and O–H groups in total. The maximum atomic E-state index is 10.4. The van der Waals surface area contributed by atoms with Crippen LogP contribution in [0.3, 0.4) is 0 Å². The van der Waals surface area contributed by atoms with Gasteiger partial charge in [0.1, 0.15) is 11.4 Å². The SMILES string of the molecule is CC1SCCCC12CC(O)c1cc(Br)ccc1O2. The molecule has 0 amide bonds. The fourth-order valence-corrected chi connectivity index (χ4v) is 4.57. The lowest BCUT2D eigenvalue weighted by molar-refractivity contribution is -0.0212. The number of hydrogen-bond acceptors (Lipinski definition) is 3. The van der Waals surface area contributed by atoms with Crippen LogP contribution in [0.1, 0.15) is 37.9 Å². The second-order valence-electron chi connectivity index (χ2n) is 5.19. The molecular formula is C14H17BrO2S. The predicted molar refractivity (Wildman–Crippen MR) is 78.2 cm³/mol. The van der Waals surface area contributed by atoms with Gasteiger partial charge in [-0.15, -0.1) is 0 Å². The largest absolute Gasteiger partial charge is 0.486 e. The van der Waals surface area contributed by atoms with Gasteiger partial charge in [0.15, 0.2) is 0 Å². The first kappa shape index (κ1) is 12.8. The molecule has 3 rings (SSSR count). The summed E-state index contributed by atoms with van der Waals surface area (Å²) in [5, 5.41) is 10.9. The van der Waals surface area contributed by atoms with E-state index in [1.54, 1.807) is 0 Å². The number of aliphatic hydroxyl groups excluding tert-OH is 1. The Morgan fingerprint density at radius 1 is 1.50 bits per heavy atom. The van der Waals surface area contributed by atoms with Gasteiger partial charge in [0, 0.05) is 21.7 Å². The molecule has 0 aromatic heterocycles. The van der Waals surface area contributed by atoms with Crippen molar-refractivity contribution >= 4 is 27.7 Å². The zero-order valence-corrected chi connectivity index (χ0v) is 12.8. The van der Waals surface area contributed by atoms with Gasteiger partial charge in [-0.1, -0.05) is 15.9 Å². The second kappa shape index (κ2) is 4.73. The first-order chi connectivity index (χ1) is 8.61. The molecule has 2 aliphatic heterocycles. The molecule has 0 aliphatic carbocycles. The van der Waals surface area contributed by atoms with Crippen LogP contribution in [-0.4, -0.2) is 21.7 Å². The lowest BCUT2D eigenvalue weighted by Crippen LogP contribution is -2.50. The number of ether oxygens (including phenoxy) is 1. The number of aliphatic hydroxyl groups is 1. The number of benzene rings is 1. The Hall–Kier alpha value is -0.190. The summed E-state index contributed by atoms with van der Waals surface area (Å²) in [6.07, 6.45) is 2.53. The minimum atomic E-state index is -0.410. The Labute approximate surface area is 120 Å². The lowest BCUT2D eigenvalue weighted by Gasteiger charge is -2.46. The summed E-state index contributed by atoms with van der Waals surface area (Å²) >= 11 is 5.40. The van der Waals surface area contributed by atoms with E-state index in [9.17, 15) is 5.11 Å². The van der Waals surface area contributed by atoms with Crippen LogP contribution in [0.4, 0.5) is 0 Å². The number of halogens is 1. The number of rotatable bonds is 0. The van der Waals surface area contributed by atoms with E-state index in [-0.39, 0.29) is 5.60 Å². The number of fused-ring (bicyclic) bond motifs is 1. The van der Waals surface area contributed by atoms with Crippen molar-refractivity contribution in [1.82, 2.24) is 0 Å². The number of thioether (sulfide) groups is 1. The van der Waals surface area contributed by atoms with E-state index < -0.39 is 6.10 Å². The van der Waals surface area contributed by atoms with Gasteiger partial charge >= 0.3 is 0 Å². The topological polar surface area (TPSA) is 29.5 Å². The van der Waals surface area contributed by atoms with E-state index in [2.05, 4.69) is 22.9 Å². The molecule has 0 saturated carbocycles. The summed E-state index contributed by atoms with van der Waals surface area (Å²) in [5.74, 6) is 2.06. The van der Waals surface area contributed by atoms with Gasteiger partial charge in [-0.25, -0.2) is 0 Å². The molecule has 3 atom stereocenters. The maximum absolute atomic E-state index is 10.4. The molecule has 0 radical (unpaired) electrons. The van der Waals surface area contributed by atoms with Crippen LogP contribution in [-0.2, 0) is 0 Å². The van der Waals surface area contributed by atoms with Crippen molar-refractivity contribution in [1.29, 1.82) is 0 Å². The summed E-state index contributed by atoms with van der Waals surface area (Å²) in [4.78, 5) is 0. The minimum absolute atomic E-state index is 0.177. The standard InChI is InChI=1S/C14H17BrO2S/c1-9-14(5-2-6-18-9)8-12(16)11-7-10(15)3-4-13(11)17-14/h3-4,7,9,12,16H,2,5-6,8H2,1H3. The summed E-state index contributed by atoms with van der Waals surface area (Å²) in [6, 6.07) is 5.91. The third-order valence-corrected chi connectivity index (χ3v) is 5.98. The number of hydrogen-bond donors (Lipinski definition) is 1. The first-order valence-electron chi connectivity index (χ1n) is 6.39. The van der Waals surface area contributed by atoms with Crippen molar-refractivity contribution in [2.75, 3.05) is 5.75 Å². The maximum Gasteiger partial charge on any atom is 0.126 e. The van der Waals surface area contributed by atoms with Gasteiger partial charge in [0.25, 0.3) is 0 Å². The highest BCUT2D eigenvalue weighted by molar-refractivity contribution is 9.10. The second-order valence-corrected chi connectivity index (χ2v) is 7.55. The van der Waals surface area contributed by atoms with E-state index in [0.29, 0.717) is 11.7 Å². The van der Waals surface area contributed by atoms with Crippen LogP contribution < -0.4 is 4.74 Å². The van der Waals surface area contributed by atoms with E-state index in [4.69, 9.17) is 4.74 Å². The molecule has 1 fully saturated rings. The predicted octanol–water partition coefficient (Wildman–Crippen LogP) is 3.92.